The summed E-state index contributed by atoms with van der Waals surface area (Å²) in [5.41, 5.74) is 0.741. The van der Waals surface area contributed by atoms with Crippen molar-refractivity contribution in [3.63, 3.8) is 0 Å². The van der Waals surface area contributed by atoms with Crippen molar-refractivity contribution in [1.82, 2.24) is 15.2 Å². The molecule has 0 bridgehead atoms. The van der Waals surface area contributed by atoms with Gasteiger partial charge in [0.2, 0.25) is 5.91 Å². The zero-order valence-corrected chi connectivity index (χ0v) is 15.8. The van der Waals surface area contributed by atoms with Crippen molar-refractivity contribution < 1.29 is 23.5 Å². The molecule has 0 aliphatic heterocycles. The first kappa shape index (κ1) is 20.5. The smallest absolute Gasteiger partial charge is 0.358 e. The molecule has 2 aromatic rings. The van der Waals surface area contributed by atoms with Gasteiger partial charge < -0.3 is 15.0 Å². The van der Waals surface area contributed by atoms with Gasteiger partial charge in [-0.25, -0.2) is 14.2 Å². The maximum atomic E-state index is 13.0. The number of hydrogen-bond acceptors (Lipinski definition) is 6. The molecule has 0 radical (unpaired) electrons. The van der Waals surface area contributed by atoms with Crippen molar-refractivity contribution in [3.8, 4) is 10.6 Å². The van der Waals surface area contributed by atoms with Gasteiger partial charge in [0.15, 0.2) is 12.3 Å². The Hall–Kier alpha value is -2.81. The van der Waals surface area contributed by atoms with E-state index in [4.69, 9.17) is 4.74 Å². The summed E-state index contributed by atoms with van der Waals surface area (Å²) in [6, 6.07) is 5.73. The number of nitrogens with zero attached hydrogens (tertiary/aromatic N) is 2. The number of thiazole rings is 1. The topological polar surface area (TPSA) is 88.6 Å². The highest BCUT2D eigenvalue weighted by Crippen LogP contribution is 2.24. The van der Waals surface area contributed by atoms with E-state index in [1.54, 1.807) is 12.1 Å². The summed E-state index contributed by atoms with van der Waals surface area (Å²) < 4.78 is 17.9. The Balaban J connectivity index is 1.85. The van der Waals surface area contributed by atoms with Crippen LogP contribution >= 0.6 is 11.3 Å². The van der Waals surface area contributed by atoms with E-state index in [9.17, 15) is 18.8 Å². The highest BCUT2D eigenvalue weighted by molar-refractivity contribution is 7.13. The number of ether oxygens (including phenoxy) is 1. The standard InChI is InChI=1S/C18H20FN3O4S/c1-3-8-20-15(23)9-22(2)16(24)10-26-18(25)14-11-27-17(21-14)12-4-6-13(19)7-5-12/h4-7,11H,3,8-10H2,1-2H3,(H,20,23). The van der Waals surface area contributed by atoms with E-state index in [1.165, 1.54) is 40.8 Å². The number of aromatic nitrogens is 1. The van der Waals surface area contributed by atoms with Crippen LogP contribution in [-0.4, -0.2) is 54.4 Å². The summed E-state index contributed by atoms with van der Waals surface area (Å²) in [7, 11) is 1.46. The van der Waals surface area contributed by atoms with Gasteiger partial charge in [-0.3, -0.25) is 9.59 Å². The third-order valence-electron chi connectivity index (χ3n) is 3.51. The number of halogens is 1. The van der Waals surface area contributed by atoms with Gasteiger partial charge in [0.05, 0.1) is 6.54 Å². The third-order valence-corrected chi connectivity index (χ3v) is 4.40. The molecule has 0 saturated heterocycles. The molecule has 0 spiro atoms. The first-order valence-electron chi connectivity index (χ1n) is 8.30. The Morgan fingerprint density at radius 1 is 1.26 bits per heavy atom. The fourth-order valence-electron chi connectivity index (χ4n) is 2.03. The summed E-state index contributed by atoms with van der Waals surface area (Å²) in [5, 5.41) is 4.71. The van der Waals surface area contributed by atoms with Crippen LogP contribution in [0, 0.1) is 5.82 Å². The highest BCUT2D eigenvalue weighted by Gasteiger charge is 2.18. The number of hydrogen-bond donors (Lipinski definition) is 1. The average molecular weight is 393 g/mol. The van der Waals surface area contributed by atoms with Crippen molar-refractivity contribution in [2.24, 2.45) is 0 Å². The molecule has 0 unspecified atom stereocenters. The molecule has 27 heavy (non-hydrogen) atoms. The lowest BCUT2D eigenvalue weighted by molar-refractivity contribution is -0.137. The lowest BCUT2D eigenvalue weighted by Gasteiger charge is -2.16. The molecule has 0 saturated carbocycles. The molecule has 0 atom stereocenters. The van der Waals surface area contributed by atoms with Crippen LogP contribution in [0.15, 0.2) is 29.6 Å². The summed E-state index contributed by atoms with van der Waals surface area (Å²) in [6.45, 7) is 1.87. The SMILES string of the molecule is CCCNC(=O)CN(C)C(=O)COC(=O)c1csc(-c2ccc(F)cc2)n1. The molecule has 9 heteroatoms. The predicted molar refractivity (Wildman–Crippen MR) is 98.7 cm³/mol. The second kappa shape index (κ2) is 9.77. The van der Waals surface area contributed by atoms with E-state index < -0.39 is 18.5 Å². The minimum absolute atomic E-state index is 0.0652. The number of benzene rings is 1. The van der Waals surface area contributed by atoms with Gasteiger partial charge in [-0.15, -0.1) is 11.3 Å². The fraction of sp³-hybridized carbons (Fsp3) is 0.333. The van der Waals surface area contributed by atoms with Crippen LogP contribution in [0.5, 0.6) is 0 Å². The molecule has 2 rings (SSSR count). The van der Waals surface area contributed by atoms with Crippen molar-refractivity contribution >= 4 is 29.1 Å². The van der Waals surface area contributed by atoms with E-state index in [-0.39, 0.29) is 24.0 Å². The minimum atomic E-state index is -0.739. The van der Waals surface area contributed by atoms with E-state index in [0.29, 0.717) is 17.1 Å². The van der Waals surface area contributed by atoms with Crippen molar-refractivity contribution in [2.75, 3.05) is 26.7 Å². The Labute approximate surface area is 160 Å². The Bertz CT molecular complexity index is 807. The Kier molecular flexibility index (Phi) is 7.42. The Morgan fingerprint density at radius 3 is 2.63 bits per heavy atom. The number of carbonyl (C=O) groups excluding carboxylic acids is 3. The summed E-state index contributed by atoms with van der Waals surface area (Å²) >= 11 is 1.21. The monoisotopic (exact) mass is 393 g/mol. The van der Waals surface area contributed by atoms with Gasteiger partial charge in [0, 0.05) is 24.5 Å². The number of nitrogens with one attached hydrogen (secondary N) is 1. The van der Waals surface area contributed by atoms with Gasteiger partial charge in [-0.2, -0.15) is 0 Å². The molecule has 0 aliphatic rings. The average Bonchev–Trinajstić information content (AvgIpc) is 3.14. The van der Waals surface area contributed by atoms with Crippen LogP contribution in [0.1, 0.15) is 23.8 Å². The van der Waals surface area contributed by atoms with Gasteiger partial charge in [-0.05, 0) is 30.7 Å². The molecule has 2 amide bonds. The molecule has 144 valence electrons. The molecule has 7 nitrogen and oxygen atoms in total. The van der Waals surface area contributed by atoms with Crippen molar-refractivity contribution in [3.05, 3.63) is 41.2 Å². The number of carbonyl (C=O) groups is 3. The summed E-state index contributed by atoms with van der Waals surface area (Å²) in [6.07, 6.45) is 0.800. The van der Waals surface area contributed by atoms with E-state index >= 15 is 0 Å². The molecule has 1 aromatic carbocycles. The lowest BCUT2D eigenvalue weighted by atomic mass is 10.2. The second-order valence-electron chi connectivity index (χ2n) is 5.72. The van der Waals surface area contributed by atoms with Crippen LogP contribution in [-0.2, 0) is 14.3 Å². The van der Waals surface area contributed by atoms with Crippen LogP contribution in [0.25, 0.3) is 10.6 Å². The van der Waals surface area contributed by atoms with Crippen LogP contribution in [0.2, 0.25) is 0 Å². The maximum Gasteiger partial charge on any atom is 0.358 e. The normalized spacial score (nSPS) is 10.3. The predicted octanol–water partition coefficient (Wildman–Crippen LogP) is 2.09. The summed E-state index contributed by atoms with van der Waals surface area (Å²) in [5.74, 6) is -1.87. The minimum Gasteiger partial charge on any atom is -0.451 e. The van der Waals surface area contributed by atoms with Gasteiger partial charge >= 0.3 is 5.97 Å². The van der Waals surface area contributed by atoms with E-state index in [2.05, 4.69) is 10.3 Å². The van der Waals surface area contributed by atoms with E-state index in [0.717, 1.165) is 6.42 Å². The lowest BCUT2D eigenvalue weighted by Crippen LogP contribution is -2.40. The zero-order valence-electron chi connectivity index (χ0n) is 15.0. The highest BCUT2D eigenvalue weighted by atomic mass is 32.1. The quantitative estimate of drug-likeness (QED) is 0.694. The molecule has 0 fully saturated rings. The third kappa shape index (κ3) is 6.14. The molecule has 0 aliphatic carbocycles. The number of esters is 1. The summed E-state index contributed by atoms with van der Waals surface area (Å²) in [4.78, 5) is 40.9. The van der Waals surface area contributed by atoms with Crippen LogP contribution in [0.3, 0.4) is 0 Å². The molecular weight excluding hydrogens is 373 g/mol. The molecular formula is C18H20FN3O4S. The Morgan fingerprint density at radius 2 is 1.96 bits per heavy atom. The fourth-order valence-corrected chi connectivity index (χ4v) is 2.82. The van der Waals surface area contributed by atoms with E-state index in [1.807, 2.05) is 6.92 Å². The van der Waals surface area contributed by atoms with Crippen molar-refractivity contribution in [2.45, 2.75) is 13.3 Å². The second-order valence-corrected chi connectivity index (χ2v) is 6.58. The zero-order chi connectivity index (χ0) is 19.8. The van der Waals surface area contributed by atoms with Crippen LogP contribution in [0.4, 0.5) is 4.39 Å². The van der Waals surface area contributed by atoms with Crippen LogP contribution < -0.4 is 5.32 Å². The van der Waals surface area contributed by atoms with Gasteiger partial charge in [0.1, 0.15) is 10.8 Å². The molecule has 1 N–H and O–H groups in total. The number of rotatable bonds is 8. The van der Waals surface area contributed by atoms with Crippen molar-refractivity contribution in [1.29, 1.82) is 0 Å². The first-order valence-corrected chi connectivity index (χ1v) is 9.18. The largest absolute Gasteiger partial charge is 0.451 e. The maximum absolute atomic E-state index is 13.0. The van der Waals surface area contributed by atoms with Gasteiger partial charge in [0.25, 0.3) is 5.91 Å². The number of likely N-dealkylation sites (N-methyl/N-ethyl adjacent to an activating group) is 1. The van der Waals surface area contributed by atoms with Gasteiger partial charge in [-0.1, -0.05) is 6.92 Å². The molecule has 1 aromatic heterocycles. The number of amides is 2. The first-order chi connectivity index (χ1) is 12.9. The molecule has 1 heterocycles.